The molecule has 2 amide bonds. The van der Waals surface area contributed by atoms with E-state index in [0.717, 1.165) is 37.6 Å². The number of carbonyl (C=O) groups excluding carboxylic acids is 2. The van der Waals surface area contributed by atoms with E-state index in [-0.39, 0.29) is 24.7 Å². The number of nitrogens with one attached hydrogen (secondary N) is 1. The molecular formula is C15H25N5O2S. The second kappa shape index (κ2) is 8.35. The first-order valence-electron chi connectivity index (χ1n) is 8.02. The minimum Gasteiger partial charge on any atom is -0.340 e. The molecule has 1 aliphatic rings. The zero-order valence-corrected chi connectivity index (χ0v) is 14.9. The van der Waals surface area contributed by atoms with Crippen LogP contribution in [0.3, 0.4) is 0 Å². The molecule has 0 aliphatic carbocycles. The molecule has 1 fully saturated rings. The lowest BCUT2D eigenvalue weighted by molar-refractivity contribution is -0.134. The molecule has 0 saturated carbocycles. The molecule has 7 nitrogen and oxygen atoms in total. The van der Waals surface area contributed by atoms with E-state index in [9.17, 15) is 9.59 Å². The van der Waals surface area contributed by atoms with E-state index >= 15 is 0 Å². The molecule has 0 radical (unpaired) electrons. The SMILES string of the molecule is CC(C)Cc1nnc(NC(=O)CCC(=O)N2CCN(C)CC2)s1. The number of hydrogen-bond donors (Lipinski definition) is 1. The van der Waals surface area contributed by atoms with Gasteiger partial charge in [0, 0.05) is 45.4 Å². The maximum Gasteiger partial charge on any atom is 0.226 e. The predicted molar refractivity (Wildman–Crippen MR) is 90.4 cm³/mol. The second-order valence-electron chi connectivity index (χ2n) is 6.33. The minimum absolute atomic E-state index is 0.0472. The zero-order valence-electron chi connectivity index (χ0n) is 14.0. The van der Waals surface area contributed by atoms with E-state index in [4.69, 9.17) is 0 Å². The van der Waals surface area contributed by atoms with Gasteiger partial charge in [-0.2, -0.15) is 0 Å². The highest BCUT2D eigenvalue weighted by Crippen LogP contribution is 2.18. The van der Waals surface area contributed by atoms with Gasteiger partial charge >= 0.3 is 0 Å². The zero-order chi connectivity index (χ0) is 16.8. The third kappa shape index (κ3) is 5.87. The Bertz CT molecular complexity index is 538. The van der Waals surface area contributed by atoms with Crippen molar-refractivity contribution < 1.29 is 9.59 Å². The van der Waals surface area contributed by atoms with E-state index in [0.29, 0.717) is 11.0 Å². The third-order valence-corrected chi connectivity index (χ3v) is 4.58. The maximum absolute atomic E-state index is 12.1. The Hall–Kier alpha value is -1.54. The largest absolute Gasteiger partial charge is 0.340 e. The average Bonchev–Trinajstić information content (AvgIpc) is 2.91. The normalized spacial score (nSPS) is 15.9. The number of hydrogen-bond acceptors (Lipinski definition) is 6. The van der Waals surface area contributed by atoms with E-state index in [2.05, 4.69) is 34.3 Å². The third-order valence-electron chi connectivity index (χ3n) is 3.72. The Balaban J connectivity index is 1.72. The predicted octanol–water partition coefficient (Wildman–Crippen LogP) is 1.23. The topological polar surface area (TPSA) is 78.4 Å². The Morgan fingerprint density at radius 1 is 1.17 bits per heavy atom. The highest BCUT2D eigenvalue weighted by Gasteiger charge is 2.19. The van der Waals surface area contributed by atoms with Crippen molar-refractivity contribution in [2.75, 3.05) is 38.5 Å². The molecule has 1 aromatic rings. The molecule has 0 atom stereocenters. The molecule has 1 aliphatic heterocycles. The molecular weight excluding hydrogens is 314 g/mol. The van der Waals surface area contributed by atoms with Gasteiger partial charge in [0.2, 0.25) is 16.9 Å². The second-order valence-corrected chi connectivity index (χ2v) is 7.39. The van der Waals surface area contributed by atoms with Crippen LogP contribution < -0.4 is 5.32 Å². The van der Waals surface area contributed by atoms with Crippen LogP contribution >= 0.6 is 11.3 Å². The Labute approximate surface area is 141 Å². The summed E-state index contributed by atoms with van der Waals surface area (Å²) in [4.78, 5) is 28.0. The molecule has 2 heterocycles. The number of rotatable bonds is 6. The van der Waals surface area contributed by atoms with Crippen molar-refractivity contribution >= 4 is 28.3 Å². The summed E-state index contributed by atoms with van der Waals surface area (Å²) in [7, 11) is 2.05. The van der Waals surface area contributed by atoms with Gasteiger partial charge < -0.3 is 15.1 Å². The molecule has 0 aromatic carbocycles. The Kier molecular flexibility index (Phi) is 6.47. The number of piperazine rings is 1. The van der Waals surface area contributed by atoms with Gasteiger partial charge in [-0.15, -0.1) is 10.2 Å². The first-order valence-corrected chi connectivity index (χ1v) is 8.84. The molecule has 1 N–H and O–H groups in total. The molecule has 1 aromatic heterocycles. The van der Waals surface area contributed by atoms with Crippen LogP contribution in [0, 0.1) is 5.92 Å². The lowest BCUT2D eigenvalue weighted by Crippen LogP contribution is -2.47. The first kappa shape index (κ1) is 17.8. The Morgan fingerprint density at radius 3 is 2.52 bits per heavy atom. The fourth-order valence-electron chi connectivity index (χ4n) is 2.35. The van der Waals surface area contributed by atoms with E-state index in [1.54, 1.807) is 0 Å². The maximum atomic E-state index is 12.1. The molecule has 0 spiro atoms. The molecule has 2 rings (SSSR count). The van der Waals surface area contributed by atoms with Gasteiger partial charge in [0.1, 0.15) is 5.01 Å². The smallest absolute Gasteiger partial charge is 0.226 e. The van der Waals surface area contributed by atoms with Gasteiger partial charge in [-0.3, -0.25) is 9.59 Å². The van der Waals surface area contributed by atoms with Gasteiger partial charge in [-0.1, -0.05) is 25.2 Å². The van der Waals surface area contributed by atoms with Crippen LogP contribution in [0.1, 0.15) is 31.7 Å². The summed E-state index contributed by atoms with van der Waals surface area (Å²) in [6, 6.07) is 0. The average molecular weight is 339 g/mol. The van der Waals surface area contributed by atoms with Gasteiger partial charge in [0.15, 0.2) is 0 Å². The van der Waals surface area contributed by atoms with Crippen molar-refractivity contribution in [3.05, 3.63) is 5.01 Å². The van der Waals surface area contributed by atoms with E-state index in [1.165, 1.54) is 11.3 Å². The molecule has 8 heteroatoms. The minimum atomic E-state index is -0.181. The summed E-state index contributed by atoms with van der Waals surface area (Å²) in [6.45, 7) is 7.49. The van der Waals surface area contributed by atoms with Crippen molar-refractivity contribution in [1.29, 1.82) is 0 Å². The van der Waals surface area contributed by atoms with Crippen LogP contribution in [-0.4, -0.2) is 65.0 Å². The Morgan fingerprint density at radius 2 is 1.87 bits per heavy atom. The number of amides is 2. The van der Waals surface area contributed by atoms with Gasteiger partial charge in [0.05, 0.1) is 0 Å². The fraction of sp³-hybridized carbons (Fsp3) is 0.733. The van der Waals surface area contributed by atoms with Gasteiger partial charge in [-0.25, -0.2) is 0 Å². The first-order chi connectivity index (χ1) is 10.9. The number of carbonyl (C=O) groups is 2. The summed E-state index contributed by atoms with van der Waals surface area (Å²) in [5.74, 6) is 0.374. The summed E-state index contributed by atoms with van der Waals surface area (Å²) in [6.07, 6.45) is 1.28. The fourth-order valence-corrected chi connectivity index (χ4v) is 3.32. The van der Waals surface area contributed by atoms with Crippen LogP contribution in [0.25, 0.3) is 0 Å². The number of aromatic nitrogens is 2. The van der Waals surface area contributed by atoms with Crippen molar-refractivity contribution in [3.8, 4) is 0 Å². The molecule has 0 bridgehead atoms. The van der Waals surface area contributed by atoms with Crippen LogP contribution in [0.15, 0.2) is 0 Å². The highest BCUT2D eigenvalue weighted by molar-refractivity contribution is 7.15. The van der Waals surface area contributed by atoms with E-state index < -0.39 is 0 Å². The van der Waals surface area contributed by atoms with E-state index in [1.807, 2.05) is 11.9 Å². The van der Waals surface area contributed by atoms with Crippen LogP contribution in [0.2, 0.25) is 0 Å². The summed E-state index contributed by atoms with van der Waals surface area (Å²) < 4.78 is 0. The standard InChI is InChI=1S/C15H25N5O2S/c1-11(2)10-13-17-18-15(23-13)16-12(21)4-5-14(22)20-8-6-19(3)7-9-20/h11H,4-10H2,1-3H3,(H,16,18,21). The number of nitrogens with zero attached hydrogens (tertiary/aromatic N) is 4. The molecule has 23 heavy (non-hydrogen) atoms. The van der Waals surface area contributed by atoms with Crippen molar-refractivity contribution in [1.82, 2.24) is 20.0 Å². The van der Waals surface area contributed by atoms with Crippen LogP contribution in [0.5, 0.6) is 0 Å². The van der Waals surface area contributed by atoms with Crippen molar-refractivity contribution in [2.24, 2.45) is 5.92 Å². The summed E-state index contributed by atoms with van der Waals surface area (Å²) in [5, 5.41) is 12.2. The van der Waals surface area contributed by atoms with Crippen molar-refractivity contribution in [2.45, 2.75) is 33.1 Å². The van der Waals surface area contributed by atoms with Crippen LogP contribution in [-0.2, 0) is 16.0 Å². The molecule has 1 saturated heterocycles. The lowest BCUT2D eigenvalue weighted by Gasteiger charge is -2.32. The highest BCUT2D eigenvalue weighted by atomic mass is 32.1. The van der Waals surface area contributed by atoms with Crippen molar-refractivity contribution in [3.63, 3.8) is 0 Å². The molecule has 128 valence electrons. The number of anilines is 1. The van der Waals surface area contributed by atoms with Crippen LogP contribution in [0.4, 0.5) is 5.13 Å². The monoisotopic (exact) mass is 339 g/mol. The molecule has 0 unspecified atom stereocenters. The lowest BCUT2D eigenvalue weighted by atomic mass is 10.1. The van der Waals surface area contributed by atoms with Gasteiger partial charge in [0.25, 0.3) is 0 Å². The number of likely N-dealkylation sites (N-methyl/N-ethyl adjacent to an activating group) is 1. The summed E-state index contributed by atoms with van der Waals surface area (Å²) in [5.41, 5.74) is 0. The van der Waals surface area contributed by atoms with Gasteiger partial charge in [-0.05, 0) is 13.0 Å². The summed E-state index contributed by atoms with van der Waals surface area (Å²) >= 11 is 1.40. The quantitative estimate of drug-likeness (QED) is 0.843.